The molecule has 2 aromatic carbocycles. The molecule has 0 radical (unpaired) electrons. The fourth-order valence-corrected chi connectivity index (χ4v) is 3.06. The largest absolute Gasteiger partial charge is 0.497 e. The van der Waals surface area contributed by atoms with Crippen LogP contribution in [0.5, 0.6) is 11.6 Å². The lowest BCUT2D eigenvalue weighted by Gasteiger charge is -2.21. The Morgan fingerprint density at radius 1 is 1.00 bits per heavy atom. The number of pyridine rings is 1. The first kappa shape index (κ1) is 19.7. The molecule has 1 aromatic heterocycles. The van der Waals surface area contributed by atoms with Gasteiger partial charge in [-0.25, -0.2) is 0 Å². The van der Waals surface area contributed by atoms with Crippen molar-refractivity contribution in [2.24, 2.45) is 0 Å². The monoisotopic (exact) mass is 379 g/mol. The zero-order valence-corrected chi connectivity index (χ0v) is 16.4. The highest BCUT2D eigenvalue weighted by Gasteiger charge is 2.26. The van der Waals surface area contributed by atoms with Crippen LogP contribution in [-0.2, 0) is 18.6 Å². The van der Waals surface area contributed by atoms with Crippen LogP contribution in [0.15, 0.2) is 65.5 Å². The van der Waals surface area contributed by atoms with Crippen LogP contribution in [0.2, 0.25) is 0 Å². The number of benzene rings is 2. The molecule has 0 aliphatic rings. The minimum atomic E-state index is -1.32. The summed E-state index contributed by atoms with van der Waals surface area (Å²) in [7, 11) is 1.62. The highest BCUT2D eigenvalue weighted by Crippen LogP contribution is 2.26. The first-order chi connectivity index (χ1) is 13.4. The van der Waals surface area contributed by atoms with Crippen LogP contribution in [-0.4, -0.2) is 17.2 Å². The number of ether oxygens (including phenoxy) is 2. The van der Waals surface area contributed by atoms with E-state index < -0.39 is 5.60 Å². The highest BCUT2D eigenvalue weighted by molar-refractivity contribution is 5.36. The van der Waals surface area contributed by atoms with Crippen LogP contribution in [0, 0.1) is 0 Å². The lowest BCUT2D eigenvalue weighted by Crippen LogP contribution is -2.27. The molecule has 0 saturated carbocycles. The molecule has 3 aromatic rings. The van der Waals surface area contributed by atoms with Crippen molar-refractivity contribution in [2.75, 3.05) is 7.11 Å². The number of nitrogens with one attached hydrogen (secondary N) is 1. The van der Waals surface area contributed by atoms with Crippen molar-refractivity contribution < 1.29 is 14.6 Å². The molecule has 0 saturated heterocycles. The van der Waals surface area contributed by atoms with E-state index in [9.17, 15) is 9.90 Å². The van der Waals surface area contributed by atoms with Gasteiger partial charge in [0.25, 0.3) is 0 Å². The number of methoxy groups -OCH3 is 1. The molecule has 0 aliphatic heterocycles. The maximum absolute atomic E-state index is 12.7. The molecule has 0 amide bonds. The van der Waals surface area contributed by atoms with Crippen molar-refractivity contribution in [2.45, 2.75) is 32.5 Å². The van der Waals surface area contributed by atoms with Gasteiger partial charge in [-0.1, -0.05) is 42.5 Å². The molecule has 28 heavy (non-hydrogen) atoms. The molecule has 5 heteroatoms. The maximum atomic E-state index is 12.7. The number of aromatic amines is 1. The van der Waals surface area contributed by atoms with Crippen molar-refractivity contribution in [1.29, 1.82) is 0 Å². The van der Waals surface area contributed by atoms with Gasteiger partial charge in [-0.3, -0.25) is 4.79 Å². The lowest BCUT2D eigenvalue weighted by atomic mass is 9.98. The van der Waals surface area contributed by atoms with Gasteiger partial charge < -0.3 is 19.6 Å². The van der Waals surface area contributed by atoms with Gasteiger partial charge in [0.1, 0.15) is 12.4 Å². The average Bonchev–Trinajstić information content (AvgIpc) is 2.66. The summed E-state index contributed by atoms with van der Waals surface area (Å²) < 4.78 is 11.1. The van der Waals surface area contributed by atoms with Gasteiger partial charge in [-0.05, 0) is 37.1 Å². The number of rotatable bonds is 7. The predicted octanol–water partition coefficient (Wildman–Crippen LogP) is 3.78. The molecule has 0 aliphatic carbocycles. The van der Waals surface area contributed by atoms with E-state index in [0.29, 0.717) is 24.6 Å². The van der Waals surface area contributed by atoms with E-state index in [4.69, 9.17) is 9.47 Å². The summed E-state index contributed by atoms with van der Waals surface area (Å²) in [5.41, 5.74) is 1.37. The fraction of sp³-hybridized carbons (Fsp3) is 0.261. The third-order valence-corrected chi connectivity index (χ3v) is 4.44. The molecule has 0 fully saturated rings. The Bertz CT molecular complexity index is 970. The van der Waals surface area contributed by atoms with Crippen LogP contribution in [0.4, 0.5) is 0 Å². The molecule has 1 heterocycles. The number of hydrogen-bond acceptors (Lipinski definition) is 4. The highest BCUT2D eigenvalue weighted by atomic mass is 16.5. The van der Waals surface area contributed by atoms with Crippen LogP contribution in [0.1, 0.15) is 36.2 Å². The zero-order valence-electron chi connectivity index (χ0n) is 16.4. The molecule has 0 bridgehead atoms. The second-order valence-corrected chi connectivity index (χ2v) is 7.22. The van der Waals surface area contributed by atoms with E-state index in [1.165, 1.54) is 6.07 Å². The van der Waals surface area contributed by atoms with E-state index in [-0.39, 0.29) is 11.0 Å². The first-order valence-electron chi connectivity index (χ1n) is 9.15. The normalized spacial score (nSPS) is 11.3. The smallest absolute Gasteiger partial charge is 0.201 e. The van der Waals surface area contributed by atoms with Crippen molar-refractivity contribution in [3.63, 3.8) is 0 Å². The third kappa shape index (κ3) is 4.81. The van der Waals surface area contributed by atoms with Crippen molar-refractivity contribution in [3.8, 4) is 11.6 Å². The third-order valence-electron chi connectivity index (χ3n) is 4.44. The summed E-state index contributed by atoms with van der Waals surface area (Å²) in [6, 6.07) is 18.9. The Hall–Kier alpha value is -3.05. The SMILES string of the molecule is COc1ccc(Cc2cc(=O)c(C(C)(C)O)c(OCc3ccccc3)[nH]2)cc1. The van der Waals surface area contributed by atoms with Gasteiger partial charge in [0.2, 0.25) is 5.88 Å². The molecule has 5 nitrogen and oxygen atoms in total. The molecular weight excluding hydrogens is 354 g/mol. The standard InChI is InChI=1S/C23H25NO4/c1-23(2,26)21-20(25)14-18(13-16-9-11-19(27-3)12-10-16)24-22(21)28-15-17-7-5-4-6-8-17/h4-12,14,26H,13,15H2,1-3H3,(H,24,25). The quantitative estimate of drug-likeness (QED) is 0.655. The molecule has 0 spiro atoms. The molecule has 2 N–H and O–H groups in total. The molecule has 0 unspecified atom stereocenters. The van der Waals surface area contributed by atoms with Gasteiger partial charge in [0.05, 0.1) is 18.3 Å². The second-order valence-electron chi connectivity index (χ2n) is 7.22. The summed E-state index contributed by atoms with van der Waals surface area (Å²) in [4.78, 5) is 15.9. The van der Waals surface area contributed by atoms with E-state index >= 15 is 0 Å². The Morgan fingerprint density at radius 3 is 2.29 bits per heavy atom. The summed E-state index contributed by atoms with van der Waals surface area (Å²) in [6.45, 7) is 3.46. The maximum Gasteiger partial charge on any atom is 0.201 e. The number of H-pyrrole nitrogens is 1. The molecule has 146 valence electrons. The van der Waals surface area contributed by atoms with E-state index in [1.807, 2.05) is 54.6 Å². The van der Waals surface area contributed by atoms with Crippen LogP contribution < -0.4 is 14.9 Å². The number of hydrogen-bond donors (Lipinski definition) is 2. The minimum Gasteiger partial charge on any atom is -0.497 e. The van der Waals surface area contributed by atoms with Crippen molar-refractivity contribution >= 4 is 0 Å². The van der Waals surface area contributed by atoms with E-state index in [0.717, 1.165) is 16.9 Å². The van der Waals surface area contributed by atoms with Crippen LogP contribution in [0.25, 0.3) is 0 Å². The van der Waals surface area contributed by atoms with Gasteiger partial charge >= 0.3 is 0 Å². The second kappa shape index (κ2) is 8.31. The van der Waals surface area contributed by atoms with Gasteiger partial charge in [0.15, 0.2) is 5.43 Å². The molecule has 0 atom stereocenters. The number of aromatic nitrogens is 1. The minimum absolute atomic E-state index is 0.224. The molecule has 3 rings (SSSR count). The predicted molar refractivity (Wildman–Crippen MR) is 109 cm³/mol. The average molecular weight is 379 g/mol. The van der Waals surface area contributed by atoms with E-state index in [2.05, 4.69) is 4.98 Å². The summed E-state index contributed by atoms with van der Waals surface area (Å²) in [5, 5.41) is 10.5. The Morgan fingerprint density at radius 2 is 1.68 bits per heavy atom. The number of aliphatic hydroxyl groups is 1. The van der Waals surface area contributed by atoms with Crippen LogP contribution >= 0.6 is 0 Å². The Labute approximate surface area is 164 Å². The van der Waals surface area contributed by atoms with E-state index in [1.54, 1.807) is 21.0 Å². The topological polar surface area (TPSA) is 71.6 Å². The van der Waals surface area contributed by atoms with Crippen LogP contribution in [0.3, 0.4) is 0 Å². The summed E-state index contributed by atoms with van der Waals surface area (Å²) in [5.74, 6) is 1.08. The zero-order chi connectivity index (χ0) is 20.1. The van der Waals surface area contributed by atoms with Crippen molar-refractivity contribution in [1.82, 2.24) is 4.98 Å². The van der Waals surface area contributed by atoms with Gasteiger partial charge in [-0.15, -0.1) is 0 Å². The Kier molecular flexibility index (Phi) is 5.85. The van der Waals surface area contributed by atoms with Gasteiger partial charge in [0, 0.05) is 18.2 Å². The lowest BCUT2D eigenvalue weighted by molar-refractivity contribution is 0.0722. The summed E-state index contributed by atoms with van der Waals surface area (Å²) in [6.07, 6.45) is 0.535. The van der Waals surface area contributed by atoms with Crippen molar-refractivity contribution in [3.05, 3.63) is 93.3 Å². The Balaban J connectivity index is 1.91. The molecular formula is C23H25NO4. The van der Waals surface area contributed by atoms with Gasteiger partial charge in [-0.2, -0.15) is 0 Å². The first-order valence-corrected chi connectivity index (χ1v) is 9.15. The fourth-order valence-electron chi connectivity index (χ4n) is 3.06. The summed E-state index contributed by atoms with van der Waals surface area (Å²) >= 11 is 0.